The van der Waals surface area contributed by atoms with Crippen LogP contribution in [0.2, 0.25) is 0 Å². The minimum Gasteiger partial charge on any atom is -0.323 e. The molecule has 1 heterocycles. The summed E-state index contributed by atoms with van der Waals surface area (Å²) in [5, 5.41) is 4.47. The summed E-state index contributed by atoms with van der Waals surface area (Å²) in [6.45, 7) is 3.02. The third-order valence-electron chi connectivity index (χ3n) is 3.60. The van der Waals surface area contributed by atoms with E-state index < -0.39 is 0 Å². The lowest BCUT2D eigenvalue weighted by atomic mass is 10.0. The van der Waals surface area contributed by atoms with Gasteiger partial charge in [0.15, 0.2) is 0 Å². The van der Waals surface area contributed by atoms with E-state index in [9.17, 15) is 0 Å². The van der Waals surface area contributed by atoms with Crippen molar-refractivity contribution in [2.24, 2.45) is 11.7 Å². The molecule has 3 heteroatoms. The Hall–Kier alpha value is -0.830. The third-order valence-corrected chi connectivity index (χ3v) is 3.60. The van der Waals surface area contributed by atoms with Crippen molar-refractivity contribution in [3.8, 4) is 0 Å². The molecule has 0 spiro atoms. The molecule has 1 aliphatic carbocycles. The Bertz CT molecular complexity index is 311. The fraction of sp³-hybridized carbons (Fsp3) is 0.769. The van der Waals surface area contributed by atoms with Crippen molar-refractivity contribution in [1.29, 1.82) is 0 Å². The summed E-state index contributed by atoms with van der Waals surface area (Å²) in [7, 11) is 0. The number of aryl methyl sites for hydroxylation is 1. The van der Waals surface area contributed by atoms with Gasteiger partial charge >= 0.3 is 0 Å². The lowest BCUT2D eigenvalue weighted by Gasteiger charge is -2.08. The molecular weight excluding hydrogens is 198 g/mol. The van der Waals surface area contributed by atoms with Gasteiger partial charge in [0.1, 0.15) is 0 Å². The molecule has 1 atom stereocenters. The molecule has 0 saturated heterocycles. The van der Waals surface area contributed by atoms with Crippen molar-refractivity contribution in [1.82, 2.24) is 9.78 Å². The van der Waals surface area contributed by atoms with Crippen molar-refractivity contribution in [3.63, 3.8) is 0 Å². The molecule has 0 amide bonds. The SMILES string of the molecule is C[C@H](N)c1ccn(CCCC2CCCC2)n1. The van der Waals surface area contributed by atoms with Crippen LogP contribution in [0.25, 0.3) is 0 Å². The van der Waals surface area contributed by atoms with Crippen molar-refractivity contribution in [2.75, 3.05) is 0 Å². The predicted molar refractivity (Wildman–Crippen MR) is 66.0 cm³/mol. The minimum atomic E-state index is 0.0519. The second-order valence-corrected chi connectivity index (χ2v) is 5.09. The molecule has 2 rings (SSSR count). The zero-order chi connectivity index (χ0) is 11.4. The topological polar surface area (TPSA) is 43.8 Å². The number of aromatic nitrogens is 2. The molecule has 0 aromatic carbocycles. The van der Waals surface area contributed by atoms with E-state index in [0.29, 0.717) is 0 Å². The van der Waals surface area contributed by atoms with Crippen LogP contribution >= 0.6 is 0 Å². The molecule has 0 unspecified atom stereocenters. The molecule has 0 bridgehead atoms. The molecule has 0 radical (unpaired) electrons. The summed E-state index contributed by atoms with van der Waals surface area (Å²) in [5.74, 6) is 0.989. The van der Waals surface area contributed by atoms with Crippen molar-refractivity contribution in [3.05, 3.63) is 18.0 Å². The number of hydrogen-bond donors (Lipinski definition) is 1. The van der Waals surface area contributed by atoms with Gasteiger partial charge in [-0.25, -0.2) is 0 Å². The third kappa shape index (κ3) is 3.08. The zero-order valence-electron chi connectivity index (χ0n) is 10.2. The zero-order valence-corrected chi connectivity index (χ0v) is 10.2. The second-order valence-electron chi connectivity index (χ2n) is 5.09. The van der Waals surface area contributed by atoms with E-state index in [2.05, 4.69) is 5.10 Å². The second kappa shape index (κ2) is 5.48. The standard InChI is InChI=1S/C13H23N3/c1-11(14)13-8-10-16(15-13)9-4-7-12-5-2-3-6-12/h8,10-12H,2-7,9,14H2,1H3/t11-/m0/s1. The van der Waals surface area contributed by atoms with E-state index in [1.54, 1.807) is 0 Å². The predicted octanol–water partition coefficient (Wildman–Crippen LogP) is 2.87. The maximum absolute atomic E-state index is 5.78. The van der Waals surface area contributed by atoms with Crippen molar-refractivity contribution < 1.29 is 0 Å². The van der Waals surface area contributed by atoms with Gasteiger partial charge in [0.05, 0.1) is 5.69 Å². The average molecular weight is 221 g/mol. The van der Waals surface area contributed by atoms with Crippen LogP contribution in [0.5, 0.6) is 0 Å². The first-order valence-corrected chi connectivity index (χ1v) is 6.54. The molecule has 2 N–H and O–H groups in total. The Labute approximate surface area is 98.0 Å². The number of hydrogen-bond acceptors (Lipinski definition) is 2. The lowest BCUT2D eigenvalue weighted by molar-refractivity contribution is 0.444. The number of nitrogens with zero attached hydrogens (tertiary/aromatic N) is 2. The van der Waals surface area contributed by atoms with E-state index >= 15 is 0 Å². The maximum Gasteiger partial charge on any atom is 0.0788 e. The quantitative estimate of drug-likeness (QED) is 0.831. The van der Waals surface area contributed by atoms with Crippen LogP contribution in [-0.4, -0.2) is 9.78 Å². The van der Waals surface area contributed by atoms with Crippen LogP contribution < -0.4 is 5.73 Å². The lowest BCUT2D eigenvalue weighted by Crippen LogP contribution is -2.08. The Kier molecular flexibility index (Phi) is 3.99. The van der Waals surface area contributed by atoms with E-state index in [0.717, 1.165) is 18.2 Å². The molecule has 1 aromatic heterocycles. The summed E-state index contributed by atoms with van der Waals surface area (Å²) >= 11 is 0. The van der Waals surface area contributed by atoms with Crippen molar-refractivity contribution in [2.45, 2.75) is 58.0 Å². The first kappa shape index (κ1) is 11.6. The highest BCUT2D eigenvalue weighted by Crippen LogP contribution is 2.28. The Balaban J connectivity index is 1.72. The molecule has 3 nitrogen and oxygen atoms in total. The normalized spacial score (nSPS) is 19.1. The largest absolute Gasteiger partial charge is 0.323 e. The monoisotopic (exact) mass is 221 g/mol. The Morgan fingerprint density at radius 2 is 2.25 bits per heavy atom. The van der Waals surface area contributed by atoms with E-state index in [1.165, 1.54) is 38.5 Å². The summed E-state index contributed by atoms with van der Waals surface area (Å²) < 4.78 is 2.04. The summed E-state index contributed by atoms with van der Waals surface area (Å²) in [6.07, 6.45) is 10.5. The summed E-state index contributed by atoms with van der Waals surface area (Å²) in [5.41, 5.74) is 6.78. The first-order valence-electron chi connectivity index (χ1n) is 6.54. The Morgan fingerprint density at radius 3 is 2.88 bits per heavy atom. The van der Waals surface area contributed by atoms with E-state index in [-0.39, 0.29) is 6.04 Å². The van der Waals surface area contributed by atoms with Crippen molar-refractivity contribution >= 4 is 0 Å². The van der Waals surface area contributed by atoms with Crippen LogP contribution in [-0.2, 0) is 6.54 Å². The molecule has 0 aliphatic heterocycles. The van der Waals surface area contributed by atoms with Gasteiger partial charge in [0, 0.05) is 18.8 Å². The molecule has 1 fully saturated rings. The summed E-state index contributed by atoms with van der Waals surface area (Å²) in [4.78, 5) is 0. The minimum absolute atomic E-state index is 0.0519. The summed E-state index contributed by atoms with van der Waals surface area (Å²) in [6, 6.07) is 2.08. The fourth-order valence-corrected chi connectivity index (χ4v) is 2.59. The van der Waals surface area contributed by atoms with E-state index in [4.69, 9.17) is 5.73 Å². The smallest absolute Gasteiger partial charge is 0.0788 e. The van der Waals surface area contributed by atoms with Gasteiger partial charge in [-0.05, 0) is 31.7 Å². The maximum atomic E-state index is 5.78. The number of rotatable bonds is 5. The molecule has 90 valence electrons. The molecular formula is C13H23N3. The fourth-order valence-electron chi connectivity index (χ4n) is 2.59. The van der Waals surface area contributed by atoms with Gasteiger partial charge in [-0.3, -0.25) is 4.68 Å². The van der Waals surface area contributed by atoms with Crippen LogP contribution in [0.3, 0.4) is 0 Å². The highest BCUT2D eigenvalue weighted by Gasteiger charge is 2.14. The van der Waals surface area contributed by atoms with Gasteiger partial charge in [0.25, 0.3) is 0 Å². The first-order chi connectivity index (χ1) is 7.75. The van der Waals surface area contributed by atoms with E-state index in [1.807, 2.05) is 23.9 Å². The van der Waals surface area contributed by atoms with Gasteiger partial charge in [0.2, 0.25) is 0 Å². The van der Waals surface area contributed by atoms with Gasteiger partial charge in [-0.1, -0.05) is 25.7 Å². The Morgan fingerprint density at radius 1 is 1.50 bits per heavy atom. The highest BCUT2D eigenvalue weighted by molar-refractivity contribution is 5.03. The van der Waals surface area contributed by atoms with Crippen LogP contribution in [0, 0.1) is 5.92 Å². The molecule has 1 saturated carbocycles. The van der Waals surface area contributed by atoms with Crippen LogP contribution in [0.1, 0.15) is 57.2 Å². The average Bonchev–Trinajstić information content (AvgIpc) is 2.87. The van der Waals surface area contributed by atoms with Gasteiger partial charge in [-0.15, -0.1) is 0 Å². The molecule has 1 aromatic rings. The van der Waals surface area contributed by atoms with Crippen LogP contribution in [0.15, 0.2) is 12.3 Å². The van der Waals surface area contributed by atoms with Gasteiger partial charge in [-0.2, -0.15) is 5.10 Å². The van der Waals surface area contributed by atoms with Gasteiger partial charge < -0.3 is 5.73 Å². The van der Waals surface area contributed by atoms with Crippen LogP contribution in [0.4, 0.5) is 0 Å². The molecule has 16 heavy (non-hydrogen) atoms. The molecule has 1 aliphatic rings. The number of nitrogens with two attached hydrogens (primary N) is 1. The highest BCUT2D eigenvalue weighted by atomic mass is 15.3.